The lowest BCUT2D eigenvalue weighted by Gasteiger charge is -2.03. The van der Waals surface area contributed by atoms with Crippen LogP contribution in [0.5, 0.6) is 0 Å². The molecule has 0 spiro atoms. The van der Waals surface area contributed by atoms with Crippen LogP contribution in [0.4, 0.5) is 0 Å². The molecule has 2 heterocycles. The number of nitrogens with one attached hydrogen (secondary N) is 1. The predicted octanol–water partition coefficient (Wildman–Crippen LogP) is 1.69. The molecule has 0 fully saturated rings. The number of thiazole rings is 1. The Hall–Kier alpha value is -1.20. The molecule has 86 valence electrons. The third-order valence-electron chi connectivity index (χ3n) is 2.31. The van der Waals surface area contributed by atoms with E-state index < -0.39 is 0 Å². The van der Waals surface area contributed by atoms with Gasteiger partial charge < -0.3 is 9.88 Å². The number of hydrogen-bond acceptors (Lipinski definition) is 4. The number of aromatic nitrogens is 3. The molecule has 0 saturated heterocycles. The van der Waals surface area contributed by atoms with E-state index in [9.17, 15) is 0 Å². The summed E-state index contributed by atoms with van der Waals surface area (Å²) in [6.07, 6.45) is 6.63. The van der Waals surface area contributed by atoms with Crippen molar-refractivity contribution in [3.63, 3.8) is 0 Å². The van der Waals surface area contributed by atoms with Gasteiger partial charge in [0.25, 0.3) is 0 Å². The topological polar surface area (TPSA) is 42.7 Å². The van der Waals surface area contributed by atoms with Gasteiger partial charge >= 0.3 is 0 Å². The Bertz CT molecular complexity index is 407. The Labute approximate surface area is 99.4 Å². The van der Waals surface area contributed by atoms with Crippen LogP contribution >= 0.6 is 11.3 Å². The monoisotopic (exact) mass is 236 g/mol. The molecule has 0 amide bonds. The van der Waals surface area contributed by atoms with E-state index >= 15 is 0 Å². The summed E-state index contributed by atoms with van der Waals surface area (Å²) in [4.78, 5) is 8.50. The Morgan fingerprint density at radius 3 is 3.12 bits per heavy atom. The molecule has 2 rings (SSSR count). The van der Waals surface area contributed by atoms with Gasteiger partial charge in [-0.25, -0.2) is 9.97 Å². The average molecular weight is 236 g/mol. The van der Waals surface area contributed by atoms with Crippen LogP contribution in [0.25, 0.3) is 0 Å². The number of nitrogens with zero attached hydrogens (tertiary/aromatic N) is 3. The third kappa shape index (κ3) is 3.15. The third-order valence-corrected chi connectivity index (χ3v) is 3.36. The first kappa shape index (κ1) is 11.3. The zero-order chi connectivity index (χ0) is 11.2. The highest BCUT2D eigenvalue weighted by molar-refractivity contribution is 7.09. The van der Waals surface area contributed by atoms with E-state index in [0.29, 0.717) is 0 Å². The molecule has 2 aromatic heterocycles. The second-order valence-electron chi connectivity index (χ2n) is 3.56. The lowest BCUT2D eigenvalue weighted by atomic mass is 10.4. The fraction of sp³-hybridized carbons (Fsp3) is 0.455. The molecule has 0 saturated carbocycles. The van der Waals surface area contributed by atoms with Crippen LogP contribution in [0.15, 0.2) is 24.1 Å². The molecule has 0 bridgehead atoms. The molecule has 1 N–H and O–H groups in total. The highest BCUT2D eigenvalue weighted by Gasteiger charge is 1.99. The second kappa shape index (κ2) is 5.77. The van der Waals surface area contributed by atoms with Gasteiger partial charge in [-0.2, -0.15) is 0 Å². The van der Waals surface area contributed by atoms with Crippen LogP contribution in [-0.2, 0) is 19.5 Å². The molecular formula is C11H16N4S. The summed E-state index contributed by atoms with van der Waals surface area (Å²) >= 11 is 1.74. The lowest BCUT2D eigenvalue weighted by molar-refractivity contribution is 0.592. The highest BCUT2D eigenvalue weighted by atomic mass is 32.1. The second-order valence-corrected chi connectivity index (χ2v) is 4.51. The molecule has 0 unspecified atom stereocenters. The van der Waals surface area contributed by atoms with Gasteiger partial charge in [-0.05, 0) is 6.42 Å². The summed E-state index contributed by atoms with van der Waals surface area (Å²) in [6.45, 7) is 4.88. The van der Waals surface area contributed by atoms with Crippen molar-refractivity contribution in [1.82, 2.24) is 19.9 Å². The quantitative estimate of drug-likeness (QED) is 0.776. The van der Waals surface area contributed by atoms with Crippen LogP contribution < -0.4 is 5.32 Å². The van der Waals surface area contributed by atoms with E-state index in [1.54, 1.807) is 17.5 Å². The molecule has 2 aromatic rings. The Balaban J connectivity index is 1.68. The van der Waals surface area contributed by atoms with Crippen LogP contribution in [0.1, 0.15) is 17.6 Å². The first-order chi connectivity index (χ1) is 7.88. The van der Waals surface area contributed by atoms with Crippen LogP contribution in [0, 0.1) is 0 Å². The summed E-state index contributed by atoms with van der Waals surface area (Å²) in [5.74, 6) is 0. The Kier molecular flexibility index (Phi) is 4.07. The van der Waals surface area contributed by atoms with Crippen molar-refractivity contribution in [1.29, 1.82) is 0 Å². The van der Waals surface area contributed by atoms with E-state index in [0.717, 1.165) is 31.7 Å². The average Bonchev–Trinajstić information content (AvgIpc) is 2.95. The molecule has 16 heavy (non-hydrogen) atoms. The van der Waals surface area contributed by atoms with Crippen molar-refractivity contribution in [2.45, 2.75) is 26.4 Å². The summed E-state index contributed by atoms with van der Waals surface area (Å²) < 4.78 is 2.06. The SMILES string of the molecule is CCc1nc(CNCCn2ccnc2)cs1. The molecule has 0 aliphatic carbocycles. The molecule has 0 aliphatic heterocycles. The van der Waals surface area contributed by atoms with Gasteiger partial charge in [-0.15, -0.1) is 11.3 Å². The smallest absolute Gasteiger partial charge is 0.0946 e. The van der Waals surface area contributed by atoms with Crippen LogP contribution in [-0.4, -0.2) is 21.1 Å². The van der Waals surface area contributed by atoms with Crippen molar-refractivity contribution in [2.24, 2.45) is 0 Å². The van der Waals surface area contributed by atoms with Crippen molar-refractivity contribution < 1.29 is 0 Å². The largest absolute Gasteiger partial charge is 0.336 e. The van der Waals surface area contributed by atoms with Crippen molar-refractivity contribution >= 4 is 11.3 Å². The van der Waals surface area contributed by atoms with Crippen molar-refractivity contribution in [3.05, 3.63) is 34.8 Å². The maximum atomic E-state index is 4.50. The van der Waals surface area contributed by atoms with Gasteiger partial charge in [0, 0.05) is 37.4 Å². The van der Waals surface area contributed by atoms with E-state index in [2.05, 4.69) is 32.2 Å². The van der Waals surface area contributed by atoms with Gasteiger partial charge in [0.1, 0.15) is 0 Å². The van der Waals surface area contributed by atoms with E-state index in [1.165, 1.54) is 5.01 Å². The van der Waals surface area contributed by atoms with Gasteiger partial charge in [-0.1, -0.05) is 6.92 Å². The normalized spacial score (nSPS) is 10.8. The van der Waals surface area contributed by atoms with Crippen LogP contribution in [0.2, 0.25) is 0 Å². The molecule has 5 heteroatoms. The van der Waals surface area contributed by atoms with E-state index in [4.69, 9.17) is 0 Å². The van der Waals surface area contributed by atoms with Gasteiger partial charge in [0.2, 0.25) is 0 Å². The molecule has 0 aliphatic rings. The Morgan fingerprint density at radius 1 is 1.50 bits per heavy atom. The maximum Gasteiger partial charge on any atom is 0.0946 e. The minimum Gasteiger partial charge on any atom is -0.336 e. The van der Waals surface area contributed by atoms with Gasteiger partial charge in [0.15, 0.2) is 0 Å². The van der Waals surface area contributed by atoms with E-state index in [1.807, 2.05) is 12.5 Å². The first-order valence-electron chi connectivity index (χ1n) is 5.48. The number of imidazole rings is 1. The summed E-state index contributed by atoms with van der Waals surface area (Å²) in [7, 11) is 0. The fourth-order valence-electron chi connectivity index (χ4n) is 1.44. The van der Waals surface area contributed by atoms with Crippen LogP contribution in [0.3, 0.4) is 0 Å². The number of hydrogen-bond donors (Lipinski definition) is 1. The predicted molar refractivity (Wildman–Crippen MR) is 65.4 cm³/mol. The van der Waals surface area contributed by atoms with Gasteiger partial charge in [0.05, 0.1) is 17.0 Å². The zero-order valence-electron chi connectivity index (χ0n) is 9.39. The minimum atomic E-state index is 0.852. The number of aryl methyl sites for hydroxylation is 1. The zero-order valence-corrected chi connectivity index (χ0v) is 10.2. The van der Waals surface area contributed by atoms with Crippen molar-refractivity contribution in [3.8, 4) is 0 Å². The van der Waals surface area contributed by atoms with E-state index in [-0.39, 0.29) is 0 Å². The molecule has 0 atom stereocenters. The summed E-state index contributed by atoms with van der Waals surface area (Å²) in [5.41, 5.74) is 1.15. The summed E-state index contributed by atoms with van der Waals surface area (Å²) in [6, 6.07) is 0. The van der Waals surface area contributed by atoms with Gasteiger partial charge in [-0.3, -0.25) is 0 Å². The number of rotatable bonds is 6. The maximum absolute atomic E-state index is 4.50. The first-order valence-corrected chi connectivity index (χ1v) is 6.36. The Morgan fingerprint density at radius 2 is 2.44 bits per heavy atom. The van der Waals surface area contributed by atoms with Crippen molar-refractivity contribution in [2.75, 3.05) is 6.54 Å². The molecule has 0 radical (unpaired) electrons. The standard InChI is InChI=1S/C11H16N4S/c1-2-11-14-10(8-16-11)7-12-3-5-15-6-4-13-9-15/h4,6,8-9,12H,2-3,5,7H2,1H3. The minimum absolute atomic E-state index is 0.852. The molecule has 0 aromatic carbocycles. The lowest BCUT2D eigenvalue weighted by Crippen LogP contribution is -2.19. The fourth-order valence-corrected chi connectivity index (χ4v) is 2.18. The molecule has 4 nitrogen and oxygen atoms in total. The highest BCUT2D eigenvalue weighted by Crippen LogP contribution is 2.09. The summed E-state index contributed by atoms with van der Waals surface area (Å²) in [5, 5.41) is 6.72. The molecular weight excluding hydrogens is 220 g/mol.